The first-order chi connectivity index (χ1) is 7.75. The molecule has 86 valence electrons. The number of nitrogens with one attached hydrogen (secondary N) is 1. The number of carbonyl (C=O) groups excluding carboxylic acids is 1. The maximum absolute atomic E-state index is 11.5. The van der Waals surface area contributed by atoms with Crippen LogP contribution in [0.2, 0.25) is 5.02 Å². The van der Waals surface area contributed by atoms with Gasteiger partial charge in [-0.25, -0.2) is 0 Å². The molecule has 1 aromatic rings. The predicted molar refractivity (Wildman–Crippen MR) is 65.5 cm³/mol. The van der Waals surface area contributed by atoms with E-state index in [0.717, 1.165) is 29.5 Å². The minimum absolute atomic E-state index is 0.131. The van der Waals surface area contributed by atoms with Crippen LogP contribution in [0.3, 0.4) is 0 Å². The number of hydrogen-bond acceptors (Lipinski definition) is 1. The third-order valence-corrected chi connectivity index (χ3v) is 3.23. The molecular formula is C13H16ClNO. The van der Waals surface area contributed by atoms with Crippen LogP contribution in [0.25, 0.3) is 0 Å². The van der Waals surface area contributed by atoms with Crippen LogP contribution in [0, 0.1) is 5.92 Å². The van der Waals surface area contributed by atoms with Gasteiger partial charge in [-0.05, 0) is 36.8 Å². The van der Waals surface area contributed by atoms with Gasteiger partial charge in [0.2, 0.25) is 5.91 Å². The monoisotopic (exact) mass is 237 g/mol. The molecule has 0 saturated heterocycles. The Balaban J connectivity index is 1.73. The minimum Gasteiger partial charge on any atom is -0.356 e. The topological polar surface area (TPSA) is 29.1 Å². The highest BCUT2D eigenvalue weighted by molar-refractivity contribution is 6.31. The molecule has 1 saturated carbocycles. The molecule has 0 bridgehead atoms. The molecule has 0 heterocycles. The van der Waals surface area contributed by atoms with Crippen LogP contribution in [-0.2, 0) is 11.2 Å². The van der Waals surface area contributed by atoms with Crippen LogP contribution in [0.1, 0.15) is 24.8 Å². The van der Waals surface area contributed by atoms with Crippen molar-refractivity contribution < 1.29 is 4.79 Å². The second kappa shape index (κ2) is 5.35. The van der Waals surface area contributed by atoms with Gasteiger partial charge in [-0.2, -0.15) is 0 Å². The Morgan fingerprint density at radius 1 is 1.38 bits per heavy atom. The van der Waals surface area contributed by atoms with Gasteiger partial charge in [-0.1, -0.05) is 29.8 Å². The zero-order valence-corrected chi connectivity index (χ0v) is 9.96. The van der Waals surface area contributed by atoms with Gasteiger partial charge in [0, 0.05) is 18.0 Å². The van der Waals surface area contributed by atoms with Gasteiger partial charge in [-0.15, -0.1) is 0 Å². The average molecular weight is 238 g/mol. The Bertz CT molecular complexity index is 374. The van der Waals surface area contributed by atoms with E-state index < -0.39 is 0 Å². The third-order valence-electron chi connectivity index (χ3n) is 2.86. The summed E-state index contributed by atoms with van der Waals surface area (Å²) in [4.78, 5) is 11.5. The Labute approximate surface area is 101 Å². The average Bonchev–Trinajstić information content (AvgIpc) is 3.09. The fourth-order valence-electron chi connectivity index (χ4n) is 1.62. The first-order valence-corrected chi connectivity index (χ1v) is 6.13. The van der Waals surface area contributed by atoms with Crippen LogP contribution in [0.5, 0.6) is 0 Å². The van der Waals surface area contributed by atoms with Crippen molar-refractivity contribution in [2.24, 2.45) is 5.92 Å². The maximum atomic E-state index is 11.5. The smallest absolute Gasteiger partial charge is 0.220 e. The summed E-state index contributed by atoms with van der Waals surface area (Å²) in [5, 5.41) is 3.70. The third kappa shape index (κ3) is 3.53. The summed E-state index contributed by atoms with van der Waals surface area (Å²) in [6.07, 6.45) is 3.78. The SMILES string of the molecule is O=C(CCc1ccccc1Cl)NCC1CC1. The Kier molecular flexibility index (Phi) is 3.83. The quantitative estimate of drug-likeness (QED) is 0.839. The summed E-state index contributed by atoms with van der Waals surface area (Å²) in [6, 6.07) is 7.68. The molecular weight excluding hydrogens is 222 g/mol. The molecule has 3 heteroatoms. The van der Waals surface area contributed by atoms with Crippen LogP contribution < -0.4 is 5.32 Å². The largest absolute Gasteiger partial charge is 0.356 e. The number of rotatable bonds is 5. The van der Waals surface area contributed by atoms with E-state index in [-0.39, 0.29) is 5.91 Å². The summed E-state index contributed by atoms with van der Waals surface area (Å²) in [6.45, 7) is 0.849. The van der Waals surface area contributed by atoms with Gasteiger partial charge < -0.3 is 5.32 Å². The van der Waals surface area contributed by atoms with E-state index in [1.54, 1.807) is 0 Å². The number of hydrogen-bond donors (Lipinski definition) is 1. The van der Waals surface area contributed by atoms with Crippen molar-refractivity contribution in [1.82, 2.24) is 5.32 Å². The lowest BCUT2D eigenvalue weighted by Crippen LogP contribution is -2.25. The summed E-state index contributed by atoms with van der Waals surface area (Å²) >= 11 is 6.01. The fourth-order valence-corrected chi connectivity index (χ4v) is 1.85. The number of aryl methyl sites for hydroxylation is 1. The van der Waals surface area contributed by atoms with Gasteiger partial charge in [0.1, 0.15) is 0 Å². The predicted octanol–water partition coefficient (Wildman–Crippen LogP) is 2.80. The molecule has 2 nitrogen and oxygen atoms in total. The Morgan fingerprint density at radius 2 is 2.12 bits per heavy atom. The molecule has 0 unspecified atom stereocenters. The van der Waals surface area contributed by atoms with Crippen LogP contribution >= 0.6 is 11.6 Å². The van der Waals surface area contributed by atoms with Crippen molar-refractivity contribution in [2.45, 2.75) is 25.7 Å². The molecule has 16 heavy (non-hydrogen) atoms. The highest BCUT2D eigenvalue weighted by Crippen LogP contribution is 2.27. The number of carbonyl (C=O) groups is 1. The highest BCUT2D eigenvalue weighted by Gasteiger charge is 2.21. The molecule has 0 aromatic heterocycles. The van der Waals surface area contributed by atoms with Crippen LogP contribution in [-0.4, -0.2) is 12.5 Å². The fraction of sp³-hybridized carbons (Fsp3) is 0.462. The Hall–Kier alpha value is -1.02. The molecule has 0 radical (unpaired) electrons. The Morgan fingerprint density at radius 3 is 2.81 bits per heavy atom. The minimum atomic E-state index is 0.131. The first kappa shape index (κ1) is 11.5. The lowest BCUT2D eigenvalue weighted by atomic mass is 10.1. The van der Waals surface area contributed by atoms with Crippen molar-refractivity contribution in [3.63, 3.8) is 0 Å². The molecule has 1 aliphatic rings. The van der Waals surface area contributed by atoms with Crippen LogP contribution in [0.4, 0.5) is 0 Å². The molecule has 0 atom stereocenters. The molecule has 0 aliphatic heterocycles. The molecule has 1 N–H and O–H groups in total. The van der Waals surface area contributed by atoms with E-state index in [0.29, 0.717) is 6.42 Å². The van der Waals surface area contributed by atoms with E-state index in [1.807, 2.05) is 24.3 Å². The molecule has 1 amide bonds. The number of amides is 1. The lowest BCUT2D eigenvalue weighted by Gasteiger charge is -2.05. The van der Waals surface area contributed by atoms with Gasteiger partial charge in [-0.3, -0.25) is 4.79 Å². The van der Waals surface area contributed by atoms with Gasteiger partial charge >= 0.3 is 0 Å². The van der Waals surface area contributed by atoms with E-state index in [9.17, 15) is 4.79 Å². The van der Waals surface area contributed by atoms with Crippen LogP contribution in [0.15, 0.2) is 24.3 Å². The van der Waals surface area contributed by atoms with Crippen molar-refractivity contribution >= 4 is 17.5 Å². The summed E-state index contributed by atoms with van der Waals surface area (Å²) in [7, 11) is 0. The van der Waals surface area contributed by atoms with E-state index in [1.165, 1.54) is 12.8 Å². The summed E-state index contributed by atoms with van der Waals surface area (Å²) in [5.41, 5.74) is 1.05. The molecule has 1 fully saturated rings. The molecule has 1 aromatic carbocycles. The zero-order chi connectivity index (χ0) is 11.4. The van der Waals surface area contributed by atoms with Crippen molar-refractivity contribution in [3.05, 3.63) is 34.9 Å². The second-order valence-electron chi connectivity index (χ2n) is 4.34. The zero-order valence-electron chi connectivity index (χ0n) is 9.21. The van der Waals surface area contributed by atoms with Crippen molar-refractivity contribution in [3.8, 4) is 0 Å². The van der Waals surface area contributed by atoms with Crippen molar-refractivity contribution in [2.75, 3.05) is 6.54 Å². The molecule has 1 aliphatic carbocycles. The standard InChI is InChI=1S/C13H16ClNO/c14-12-4-2-1-3-11(12)7-8-13(16)15-9-10-5-6-10/h1-4,10H,5-9H2,(H,15,16). The van der Waals surface area contributed by atoms with Gasteiger partial charge in [0.05, 0.1) is 0 Å². The summed E-state index contributed by atoms with van der Waals surface area (Å²) in [5.74, 6) is 0.871. The molecule has 2 rings (SSSR count). The van der Waals surface area contributed by atoms with Crippen molar-refractivity contribution in [1.29, 1.82) is 0 Å². The highest BCUT2D eigenvalue weighted by atomic mass is 35.5. The normalized spacial score (nSPS) is 14.8. The summed E-state index contributed by atoms with van der Waals surface area (Å²) < 4.78 is 0. The van der Waals surface area contributed by atoms with E-state index in [2.05, 4.69) is 5.32 Å². The van der Waals surface area contributed by atoms with Gasteiger partial charge in [0.25, 0.3) is 0 Å². The first-order valence-electron chi connectivity index (χ1n) is 5.76. The number of benzene rings is 1. The lowest BCUT2D eigenvalue weighted by molar-refractivity contribution is -0.121. The molecule has 0 spiro atoms. The van der Waals surface area contributed by atoms with E-state index >= 15 is 0 Å². The van der Waals surface area contributed by atoms with E-state index in [4.69, 9.17) is 11.6 Å². The second-order valence-corrected chi connectivity index (χ2v) is 4.75. The van der Waals surface area contributed by atoms with Gasteiger partial charge in [0.15, 0.2) is 0 Å². The maximum Gasteiger partial charge on any atom is 0.220 e. The number of halogens is 1.